The molecule has 1 aromatic heterocycles. The van der Waals surface area contributed by atoms with Gasteiger partial charge in [0, 0.05) is 10.6 Å². The molecule has 3 aromatic rings. The van der Waals surface area contributed by atoms with Crippen LogP contribution in [0.4, 0.5) is 0 Å². The molecule has 0 saturated carbocycles. The third-order valence-electron chi connectivity index (χ3n) is 3.67. The number of nitrogens with zero attached hydrogens (tertiary/aromatic N) is 4. The molecule has 0 radical (unpaired) electrons. The van der Waals surface area contributed by atoms with Crippen molar-refractivity contribution < 1.29 is 4.74 Å². The largest absolute Gasteiger partial charge is 0.623 e. The van der Waals surface area contributed by atoms with Gasteiger partial charge < -0.3 is 5.21 Å². The lowest BCUT2D eigenvalue weighted by Crippen LogP contribution is -2.17. The lowest BCUT2D eigenvalue weighted by atomic mass is 10.0. The number of hydrogen-bond acceptors (Lipinski definition) is 3. The van der Waals surface area contributed by atoms with Crippen molar-refractivity contribution in [2.45, 2.75) is 6.54 Å². The summed E-state index contributed by atoms with van der Waals surface area (Å²) in [5.74, 6) is 0.601. The van der Waals surface area contributed by atoms with Crippen LogP contribution < -0.4 is 0 Å². The summed E-state index contributed by atoms with van der Waals surface area (Å²) in [5, 5.41) is 21.2. The molecule has 0 N–H and O–H groups in total. The predicted molar refractivity (Wildman–Crippen MR) is 83.4 cm³/mol. The van der Waals surface area contributed by atoms with Gasteiger partial charge in [0.15, 0.2) is 0 Å². The van der Waals surface area contributed by atoms with E-state index in [4.69, 9.17) is 11.6 Å². The van der Waals surface area contributed by atoms with E-state index >= 15 is 0 Å². The van der Waals surface area contributed by atoms with Crippen LogP contribution in [-0.2, 0) is 6.54 Å². The number of halogens is 1. The zero-order chi connectivity index (χ0) is 15.1. The average Bonchev–Trinajstić information content (AvgIpc) is 2.93. The third kappa shape index (κ3) is 1.98. The van der Waals surface area contributed by atoms with Gasteiger partial charge in [-0.15, -0.1) is 10.2 Å². The van der Waals surface area contributed by atoms with Gasteiger partial charge in [-0.1, -0.05) is 29.8 Å². The first-order chi connectivity index (χ1) is 10.7. The van der Waals surface area contributed by atoms with Crippen LogP contribution in [-0.4, -0.2) is 25.2 Å². The minimum Gasteiger partial charge on any atom is -0.623 e. The summed E-state index contributed by atoms with van der Waals surface area (Å²) in [6.45, 7) is 0.135. The van der Waals surface area contributed by atoms with Gasteiger partial charge in [-0.3, -0.25) is 4.57 Å². The summed E-state index contributed by atoms with van der Waals surface area (Å²) in [4.78, 5) is 0. The Bertz CT molecular complexity index is 886. The minimum absolute atomic E-state index is 0.135. The Hall–Kier alpha value is -2.66. The monoisotopic (exact) mass is 310 g/mol. The van der Waals surface area contributed by atoms with Gasteiger partial charge in [-0.2, -0.15) is 4.74 Å². The van der Waals surface area contributed by atoms with Crippen LogP contribution >= 0.6 is 11.6 Å². The van der Waals surface area contributed by atoms with Crippen molar-refractivity contribution in [3.63, 3.8) is 0 Å². The molecule has 2 heterocycles. The van der Waals surface area contributed by atoms with Crippen LogP contribution in [0, 0.1) is 5.21 Å². The molecule has 5 nitrogen and oxygen atoms in total. The van der Waals surface area contributed by atoms with E-state index in [0.29, 0.717) is 16.6 Å². The Morgan fingerprint density at radius 2 is 1.95 bits per heavy atom. The summed E-state index contributed by atoms with van der Waals surface area (Å²) >= 11 is 6.16. The highest BCUT2D eigenvalue weighted by molar-refractivity contribution is 6.31. The van der Waals surface area contributed by atoms with E-state index in [0.717, 1.165) is 21.6 Å². The van der Waals surface area contributed by atoms with E-state index in [-0.39, 0.29) is 6.54 Å². The number of rotatable bonds is 1. The van der Waals surface area contributed by atoms with Crippen molar-refractivity contribution in [3.05, 3.63) is 82.0 Å². The van der Waals surface area contributed by atoms with Gasteiger partial charge in [0.2, 0.25) is 18.1 Å². The summed E-state index contributed by atoms with van der Waals surface area (Å²) in [5.41, 5.74) is 3.05. The molecule has 0 bridgehead atoms. The number of aromatic nitrogens is 3. The Balaban J connectivity index is 2.06. The van der Waals surface area contributed by atoms with Crippen molar-refractivity contribution in [1.29, 1.82) is 0 Å². The molecule has 0 unspecified atom stereocenters. The predicted octanol–water partition coefficient (Wildman–Crippen LogP) is 2.78. The summed E-state index contributed by atoms with van der Waals surface area (Å²) in [6.07, 6.45) is 1.61. The van der Waals surface area contributed by atoms with Crippen molar-refractivity contribution in [1.82, 2.24) is 14.8 Å². The maximum absolute atomic E-state index is 12.7. The number of hydroxylamine groups is 1. The average molecular weight is 311 g/mol. The van der Waals surface area contributed by atoms with E-state index in [2.05, 4.69) is 10.2 Å². The lowest BCUT2D eigenvalue weighted by Gasteiger charge is -2.10. The molecule has 108 valence electrons. The molecule has 0 atom stereocenters. The van der Waals surface area contributed by atoms with Gasteiger partial charge in [0.05, 0.1) is 11.3 Å². The van der Waals surface area contributed by atoms with Crippen LogP contribution in [0.3, 0.4) is 0 Å². The molecule has 0 saturated heterocycles. The molecule has 1 aliphatic heterocycles. The summed E-state index contributed by atoms with van der Waals surface area (Å²) < 4.78 is 2.77. The van der Waals surface area contributed by atoms with Crippen LogP contribution in [0.2, 0.25) is 5.02 Å². The van der Waals surface area contributed by atoms with Crippen molar-refractivity contribution >= 4 is 17.3 Å². The minimum atomic E-state index is 0.135. The van der Waals surface area contributed by atoms with Gasteiger partial charge in [-0.25, -0.2) is 0 Å². The van der Waals surface area contributed by atoms with Crippen LogP contribution in [0.5, 0.6) is 0 Å². The molecule has 0 amide bonds. The topological polar surface area (TPSA) is 56.8 Å². The number of benzene rings is 2. The van der Waals surface area contributed by atoms with Crippen LogP contribution in [0.25, 0.3) is 5.69 Å². The molecule has 6 heteroatoms. The highest BCUT2D eigenvalue weighted by Crippen LogP contribution is 2.26. The van der Waals surface area contributed by atoms with Crippen molar-refractivity contribution in [3.8, 4) is 5.69 Å². The molecular formula is C16H11ClN4O. The standard InChI is InChI=1S/C16H11ClN4O/c17-12-6-7-14-13(8-12)16(11-4-2-1-3-5-11)21(22)9-15-19-18-10-20(14)15/h1-8,10H,9H2. The second-order valence-corrected chi connectivity index (χ2v) is 5.47. The Morgan fingerprint density at radius 3 is 2.77 bits per heavy atom. The first-order valence-corrected chi connectivity index (χ1v) is 7.18. The summed E-state index contributed by atoms with van der Waals surface area (Å²) in [7, 11) is 0. The summed E-state index contributed by atoms with van der Waals surface area (Å²) in [6, 6.07) is 15.0. The lowest BCUT2D eigenvalue weighted by molar-refractivity contribution is -0.475. The molecule has 22 heavy (non-hydrogen) atoms. The smallest absolute Gasteiger partial charge is 0.228 e. The highest BCUT2D eigenvalue weighted by atomic mass is 35.5. The normalized spacial score (nSPS) is 13.5. The van der Waals surface area contributed by atoms with Crippen molar-refractivity contribution in [2.75, 3.05) is 0 Å². The van der Waals surface area contributed by atoms with Crippen LogP contribution in [0.15, 0.2) is 54.9 Å². The Morgan fingerprint density at radius 1 is 1.14 bits per heavy atom. The SMILES string of the molecule is [O-][N+]1=C(c2ccccc2)c2cc(Cl)ccc2-n2cnnc2C1. The molecule has 2 aromatic carbocycles. The van der Waals surface area contributed by atoms with E-state index in [1.54, 1.807) is 18.5 Å². The maximum atomic E-state index is 12.7. The number of fused-ring (bicyclic) bond motifs is 3. The highest BCUT2D eigenvalue weighted by Gasteiger charge is 2.27. The Labute approximate surface area is 131 Å². The molecule has 4 rings (SSSR count). The van der Waals surface area contributed by atoms with Gasteiger partial charge in [-0.05, 0) is 30.3 Å². The first kappa shape index (κ1) is 13.0. The quantitative estimate of drug-likeness (QED) is 0.513. The fraction of sp³-hybridized carbons (Fsp3) is 0.0625. The van der Waals surface area contributed by atoms with E-state index in [1.807, 2.05) is 41.0 Å². The molecular weight excluding hydrogens is 300 g/mol. The first-order valence-electron chi connectivity index (χ1n) is 6.80. The molecule has 0 aliphatic carbocycles. The third-order valence-corrected chi connectivity index (χ3v) is 3.91. The van der Waals surface area contributed by atoms with E-state index in [9.17, 15) is 5.21 Å². The second kappa shape index (κ2) is 4.96. The van der Waals surface area contributed by atoms with E-state index < -0.39 is 0 Å². The van der Waals surface area contributed by atoms with Crippen molar-refractivity contribution in [2.24, 2.45) is 0 Å². The van der Waals surface area contributed by atoms with E-state index in [1.165, 1.54) is 0 Å². The zero-order valence-corrected chi connectivity index (χ0v) is 12.2. The molecule has 0 spiro atoms. The number of hydrogen-bond donors (Lipinski definition) is 0. The zero-order valence-electron chi connectivity index (χ0n) is 11.5. The Kier molecular flexibility index (Phi) is 2.94. The second-order valence-electron chi connectivity index (χ2n) is 5.03. The van der Waals surface area contributed by atoms with Gasteiger partial charge in [0.25, 0.3) is 0 Å². The fourth-order valence-electron chi connectivity index (χ4n) is 2.71. The molecule has 1 aliphatic rings. The van der Waals surface area contributed by atoms with Gasteiger partial charge in [0.1, 0.15) is 6.33 Å². The van der Waals surface area contributed by atoms with Gasteiger partial charge >= 0.3 is 0 Å². The fourth-order valence-corrected chi connectivity index (χ4v) is 2.89. The maximum Gasteiger partial charge on any atom is 0.228 e. The molecule has 0 fully saturated rings. The van der Waals surface area contributed by atoms with Crippen LogP contribution in [0.1, 0.15) is 17.0 Å².